The van der Waals surface area contributed by atoms with Gasteiger partial charge in [0.2, 0.25) is 0 Å². The number of aromatic nitrogens is 1. The first-order chi connectivity index (χ1) is 8.99. The van der Waals surface area contributed by atoms with E-state index < -0.39 is 0 Å². The van der Waals surface area contributed by atoms with Gasteiger partial charge in [-0.3, -0.25) is 0 Å². The molecule has 1 aromatic carbocycles. The topological polar surface area (TPSA) is 24.9 Å². The summed E-state index contributed by atoms with van der Waals surface area (Å²) in [7, 11) is 0. The minimum absolute atomic E-state index is 0.491. The van der Waals surface area contributed by atoms with Gasteiger partial charge in [0.1, 0.15) is 0 Å². The third kappa shape index (κ3) is 3.16. The molecule has 0 aliphatic rings. The molecule has 2 aromatic rings. The molecule has 0 radical (unpaired) electrons. The molecule has 0 spiro atoms. The summed E-state index contributed by atoms with van der Waals surface area (Å²) in [5.41, 5.74) is 5.34. The number of anilines is 1. The molecule has 1 atom stereocenters. The van der Waals surface area contributed by atoms with Crippen molar-refractivity contribution in [3.63, 3.8) is 0 Å². The van der Waals surface area contributed by atoms with Crippen LogP contribution in [0.1, 0.15) is 40.1 Å². The smallest absolute Gasteiger partial charge is 0.183 e. The standard InChI is InChI=1S/C16H22N2S/c1-10-7-6-8-11(2)15(10)12(3)9-17-16-18-13(4)14(5)19-16/h6-8,12H,9H2,1-5H3,(H,17,18). The molecule has 0 bridgehead atoms. The fraction of sp³-hybridized carbons (Fsp3) is 0.438. The third-order valence-corrected chi connectivity index (χ3v) is 4.65. The fourth-order valence-electron chi connectivity index (χ4n) is 2.50. The van der Waals surface area contributed by atoms with Crippen LogP contribution in [0, 0.1) is 27.7 Å². The van der Waals surface area contributed by atoms with E-state index in [9.17, 15) is 0 Å². The molecule has 1 aromatic heterocycles. The van der Waals surface area contributed by atoms with Gasteiger partial charge in [-0.05, 0) is 50.3 Å². The molecular formula is C16H22N2S. The molecule has 0 aliphatic heterocycles. The van der Waals surface area contributed by atoms with E-state index in [4.69, 9.17) is 0 Å². The molecule has 2 nitrogen and oxygen atoms in total. The van der Waals surface area contributed by atoms with Crippen LogP contribution in [0.15, 0.2) is 18.2 Å². The molecule has 0 aliphatic carbocycles. The van der Waals surface area contributed by atoms with Crippen molar-refractivity contribution < 1.29 is 0 Å². The van der Waals surface area contributed by atoms with E-state index in [0.29, 0.717) is 5.92 Å². The Bertz CT molecular complexity index is 532. The molecule has 19 heavy (non-hydrogen) atoms. The number of rotatable bonds is 4. The van der Waals surface area contributed by atoms with Gasteiger partial charge >= 0.3 is 0 Å². The molecule has 0 saturated carbocycles. The lowest BCUT2D eigenvalue weighted by Crippen LogP contribution is -2.12. The second kappa shape index (κ2) is 5.74. The predicted molar refractivity (Wildman–Crippen MR) is 84.4 cm³/mol. The minimum Gasteiger partial charge on any atom is -0.361 e. The van der Waals surface area contributed by atoms with E-state index >= 15 is 0 Å². The van der Waals surface area contributed by atoms with E-state index in [1.54, 1.807) is 11.3 Å². The lowest BCUT2D eigenvalue weighted by atomic mass is 9.92. The van der Waals surface area contributed by atoms with Crippen molar-refractivity contribution in [2.24, 2.45) is 0 Å². The maximum Gasteiger partial charge on any atom is 0.183 e. The van der Waals surface area contributed by atoms with Crippen molar-refractivity contribution in [3.8, 4) is 0 Å². The van der Waals surface area contributed by atoms with Gasteiger partial charge in [0.25, 0.3) is 0 Å². The number of hydrogen-bond donors (Lipinski definition) is 1. The van der Waals surface area contributed by atoms with E-state index in [0.717, 1.165) is 17.4 Å². The molecule has 1 N–H and O–H groups in total. The third-order valence-electron chi connectivity index (χ3n) is 3.62. The van der Waals surface area contributed by atoms with Gasteiger partial charge in [-0.15, -0.1) is 11.3 Å². The van der Waals surface area contributed by atoms with Crippen LogP contribution < -0.4 is 5.32 Å². The van der Waals surface area contributed by atoms with Crippen LogP contribution in [0.4, 0.5) is 5.13 Å². The monoisotopic (exact) mass is 274 g/mol. The summed E-state index contributed by atoms with van der Waals surface area (Å²) in [5, 5.41) is 4.50. The lowest BCUT2D eigenvalue weighted by molar-refractivity contribution is 0.789. The molecule has 1 unspecified atom stereocenters. The summed E-state index contributed by atoms with van der Waals surface area (Å²) in [6, 6.07) is 6.51. The van der Waals surface area contributed by atoms with E-state index in [1.807, 2.05) is 0 Å². The van der Waals surface area contributed by atoms with Crippen LogP contribution in [0.5, 0.6) is 0 Å². The van der Waals surface area contributed by atoms with E-state index in [-0.39, 0.29) is 0 Å². The Labute approximate surface area is 119 Å². The summed E-state index contributed by atoms with van der Waals surface area (Å²) < 4.78 is 0. The fourth-order valence-corrected chi connectivity index (χ4v) is 3.32. The molecule has 1 heterocycles. The zero-order chi connectivity index (χ0) is 14.0. The highest BCUT2D eigenvalue weighted by Crippen LogP contribution is 2.26. The van der Waals surface area contributed by atoms with Crippen molar-refractivity contribution in [3.05, 3.63) is 45.5 Å². The van der Waals surface area contributed by atoms with Gasteiger partial charge < -0.3 is 5.32 Å². The normalized spacial score (nSPS) is 12.5. The zero-order valence-electron chi connectivity index (χ0n) is 12.4. The highest BCUT2D eigenvalue weighted by molar-refractivity contribution is 7.15. The number of hydrogen-bond acceptors (Lipinski definition) is 3. The van der Waals surface area contributed by atoms with Crippen LogP contribution in [-0.4, -0.2) is 11.5 Å². The van der Waals surface area contributed by atoms with Crippen LogP contribution in [0.2, 0.25) is 0 Å². The Morgan fingerprint density at radius 3 is 2.32 bits per heavy atom. The maximum atomic E-state index is 4.53. The molecular weight excluding hydrogens is 252 g/mol. The number of nitrogens with zero attached hydrogens (tertiary/aromatic N) is 1. The summed E-state index contributed by atoms with van der Waals surface area (Å²) in [6.45, 7) is 11.8. The highest BCUT2D eigenvalue weighted by atomic mass is 32.1. The number of benzene rings is 1. The molecule has 2 rings (SSSR count). The Balaban J connectivity index is 2.07. The van der Waals surface area contributed by atoms with Crippen LogP contribution >= 0.6 is 11.3 Å². The summed E-state index contributed by atoms with van der Waals surface area (Å²) in [4.78, 5) is 5.82. The first-order valence-corrected chi connectivity index (χ1v) is 7.54. The molecule has 102 valence electrons. The molecule has 3 heteroatoms. The second-order valence-corrected chi connectivity index (χ2v) is 6.45. The zero-order valence-corrected chi connectivity index (χ0v) is 13.2. The Kier molecular flexibility index (Phi) is 4.25. The predicted octanol–water partition coefficient (Wildman–Crippen LogP) is 4.59. The van der Waals surface area contributed by atoms with Crippen LogP contribution in [0.3, 0.4) is 0 Å². The molecule has 0 saturated heterocycles. The first-order valence-electron chi connectivity index (χ1n) is 6.73. The van der Waals surface area contributed by atoms with Crippen molar-refractivity contribution in [1.82, 2.24) is 4.98 Å². The SMILES string of the molecule is Cc1cccc(C)c1C(C)CNc1nc(C)c(C)s1. The summed E-state index contributed by atoms with van der Waals surface area (Å²) >= 11 is 1.74. The van der Waals surface area contributed by atoms with Gasteiger partial charge in [-0.2, -0.15) is 0 Å². The van der Waals surface area contributed by atoms with Gasteiger partial charge in [0.05, 0.1) is 5.69 Å². The number of nitrogens with one attached hydrogen (secondary N) is 1. The second-order valence-electron chi connectivity index (χ2n) is 5.25. The average Bonchev–Trinajstić information content (AvgIpc) is 2.66. The van der Waals surface area contributed by atoms with Gasteiger partial charge in [-0.25, -0.2) is 4.98 Å². The Hall–Kier alpha value is -1.35. The quantitative estimate of drug-likeness (QED) is 0.882. The van der Waals surface area contributed by atoms with Gasteiger partial charge in [0, 0.05) is 11.4 Å². The molecule has 0 amide bonds. The van der Waals surface area contributed by atoms with Crippen molar-refractivity contribution in [2.75, 3.05) is 11.9 Å². The number of thiazole rings is 1. The lowest BCUT2D eigenvalue weighted by Gasteiger charge is -2.17. The highest BCUT2D eigenvalue weighted by Gasteiger charge is 2.12. The van der Waals surface area contributed by atoms with Crippen molar-refractivity contribution >= 4 is 16.5 Å². The van der Waals surface area contributed by atoms with Crippen molar-refractivity contribution in [2.45, 2.75) is 40.5 Å². The first kappa shape index (κ1) is 14.1. The largest absolute Gasteiger partial charge is 0.361 e. The van der Waals surface area contributed by atoms with Gasteiger partial charge in [-0.1, -0.05) is 25.1 Å². The molecule has 0 fully saturated rings. The van der Waals surface area contributed by atoms with Crippen LogP contribution in [-0.2, 0) is 0 Å². The van der Waals surface area contributed by atoms with E-state index in [1.165, 1.54) is 21.6 Å². The number of aryl methyl sites for hydroxylation is 4. The average molecular weight is 274 g/mol. The van der Waals surface area contributed by atoms with Crippen LogP contribution in [0.25, 0.3) is 0 Å². The van der Waals surface area contributed by atoms with Gasteiger partial charge in [0.15, 0.2) is 5.13 Å². The Morgan fingerprint density at radius 2 is 1.79 bits per heavy atom. The van der Waals surface area contributed by atoms with E-state index in [2.05, 4.69) is 63.1 Å². The summed E-state index contributed by atoms with van der Waals surface area (Å²) in [6.07, 6.45) is 0. The maximum absolute atomic E-state index is 4.53. The van der Waals surface area contributed by atoms with Crippen molar-refractivity contribution in [1.29, 1.82) is 0 Å². The summed E-state index contributed by atoms with van der Waals surface area (Å²) in [5.74, 6) is 0.491. The minimum atomic E-state index is 0.491. The Morgan fingerprint density at radius 1 is 1.16 bits per heavy atom.